The summed E-state index contributed by atoms with van der Waals surface area (Å²) in [6, 6.07) is 14.1. The minimum absolute atomic E-state index is 0.0857. The van der Waals surface area contributed by atoms with E-state index in [0.29, 0.717) is 5.56 Å². The maximum atomic E-state index is 12.7. The normalized spacial score (nSPS) is 10.7. The Kier molecular flexibility index (Phi) is 6.20. The number of carbonyl (C=O) groups excluding carboxylic acids is 2. The highest BCUT2D eigenvalue weighted by Crippen LogP contribution is 2.12. The van der Waals surface area contributed by atoms with Crippen LogP contribution in [0.3, 0.4) is 0 Å². The molecular weight excluding hydrogens is 398 g/mol. The van der Waals surface area contributed by atoms with Crippen LogP contribution in [0, 0.1) is 13.8 Å². The molecule has 0 spiro atoms. The second-order valence-corrected chi connectivity index (χ2v) is 7.28. The molecule has 0 unspecified atom stereocenters. The summed E-state index contributed by atoms with van der Waals surface area (Å²) in [6.45, 7) is 3.19. The summed E-state index contributed by atoms with van der Waals surface area (Å²) >= 11 is 0. The third kappa shape index (κ3) is 4.48. The van der Waals surface area contributed by atoms with Crippen LogP contribution in [0.4, 0.5) is 5.82 Å². The van der Waals surface area contributed by atoms with Crippen molar-refractivity contribution in [1.82, 2.24) is 9.13 Å². The minimum atomic E-state index is -0.834. The van der Waals surface area contributed by atoms with Crippen molar-refractivity contribution in [1.29, 1.82) is 0 Å². The van der Waals surface area contributed by atoms with Crippen LogP contribution < -0.4 is 17.0 Å². The standard InChI is InChI=1S/C23H23N3O5/c1-14-9-10-17(11-15(14)2)22(29)31-13-18(27)19-20(24)26(23(30)25(3)21(19)28)12-16-7-5-4-6-8-16/h4-11H,12-13,24H2,1-3H3. The van der Waals surface area contributed by atoms with Gasteiger partial charge in [0.15, 0.2) is 6.61 Å². The zero-order valence-corrected chi connectivity index (χ0v) is 17.5. The molecule has 160 valence electrons. The number of ketones is 1. The predicted molar refractivity (Wildman–Crippen MR) is 116 cm³/mol. The Morgan fingerprint density at radius 3 is 2.32 bits per heavy atom. The van der Waals surface area contributed by atoms with E-state index in [4.69, 9.17) is 10.5 Å². The Hall–Kier alpha value is -3.94. The van der Waals surface area contributed by atoms with Crippen LogP contribution in [0.2, 0.25) is 0 Å². The van der Waals surface area contributed by atoms with E-state index in [2.05, 4.69) is 0 Å². The Bertz CT molecular complexity index is 1270. The highest BCUT2D eigenvalue weighted by atomic mass is 16.5. The number of hydrogen-bond acceptors (Lipinski definition) is 6. The number of benzene rings is 2. The summed E-state index contributed by atoms with van der Waals surface area (Å²) in [4.78, 5) is 50.1. The molecule has 2 N–H and O–H groups in total. The van der Waals surface area contributed by atoms with Crippen molar-refractivity contribution in [3.05, 3.63) is 97.2 Å². The van der Waals surface area contributed by atoms with Crippen LogP contribution in [0.5, 0.6) is 0 Å². The first-order valence-electron chi connectivity index (χ1n) is 9.61. The predicted octanol–water partition coefficient (Wildman–Crippen LogP) is 1.83. The lowest BCUT2D eigenvalue weighted by Gasteiger charge is -2.15. The molecule has 1 heterocycles. The number of carbonyl (C=O) groups is 2. The monoisotopic (exact) mass is 421 g/mol. The van der Waals surface area contributed by atoms with Gasteiger partial charge < -0.3 is 10.5 Å². The van der Waals surface area contributed by atoms with Gasteiger partial charge >= 0.3 is 11.7 Å². The summed E-state index contributed by atoms with van der Waals surface area (Å²) in [6.07, 6.45) is 0. The molecule has 0 saturated heterocycles. The molecule has 0 amide bonds. The van der Waals surface area contributed by atoms with Gasteiger partial charge in [0.25, 0.3) is 5.56 Å². The molecule has 0 saturated carbocycles. The maximum Gasteiger partial charge on any atom is 0.338 e. The number of Topliss-reactive ketones (excluding diaryl/α,β-unsaturated/α-hetero) is 1. The number of nitrogens with two attached hydrogens (primary N) is 1. The first kappa shape index (κ1) is 21.8. The number of nitrogens with zero attached hydrogens (tertiary/aromatic N) is 2. The number of nitrogen functional groups attached to an aromatic ring is 1. The van der Waals surface area contributed by atoms with Gasteiger partial charge in [-0.2, -0.15) is 0 Å². The summed E-state index contributed by atoms with van der Waals surface area (Å²) in [5.41, 5.74) is 7.18. The van der Waals surface area contributed by atoms with Crippen LogP contribution in [-0.4, -0.2) is 27.5 Å². The van der Waals surface area contributed by atoms with Gasteiger partial charge in [0.2, 0.25) is 5.78 Å². The lowest BCUT2D eigenvalue weighted by Crippen LogP contribution is -2.43. The summed E-state index contributed by atoms with van der Waals surface area (Å²) in [5.74, 6) is -1.73. The van der Waals surface area contributed by atoms with Crippen molar-refractivity contribution in [3.63, 3.8) is 0 Å². The Morgan fingerprint density at radius 1 is 1.00 bits per heavy atom. The lowest BCUT2D eigenvalue weighted by molar-refractivity contribution is 0.0474. The smallest absolute Gasteiger partial charge is 0.338 e. The maximum absolute atomic E-state index is 12.7. The fraction of sp³-hybridized carbons (Fsp3) is 0.217. The third-order valence-electron chi connectivity index (χ3n) is 5.12. The molecular formula is C23H23N3O5. The van der Waals surface area contributed by atoms with E-state index in [1.807, 2.05) is 19.9 Å². The molecule has 0 bridgehead atoms. The quantitative estimate of drug-likeness (QED) is 0.480. The van der Waals surface area contributed by atoms with Crippen LogP contribution in [0.25, 0.3) is 0 Å². The highest BCUT2D eigenvalue weighted by Gasteiger charge is 2.23. The Balaban J connectivity index is 1.88. The molecule has 8 heteroatoms. The molecule has 0 aliphatic rings. The van der Waals surface area contributed by atoms with Gasteiger partial charge in [-0.25, -0.2) is 9.59 Å². The van der Waals surface area contributed by atoms with Gasteiger partial charge in [-0.05, 0) is 42.7 Å². The minimum Gasteiger partial charge on any atom is -0.454 e. The number of ether oxygens (including phenoxy) is 1. The molecule has 1 aromatic heterocycles. The largest absolute Gasteiger partial charge is 0.454 e. The second kappa shape index (κ2) is 8.83. The van der Waals surface area contributed by atoms with Crippen molar-refractivity contribution < 1.29 is 14.3 Å². The molecule has 0 atom stereocenters. The van der Waals surface area contributed by atoms with Gasteiger partial charge in [-0.1, -0.05) is 36.4 Å². The average molecular weight is 421 g/mol. The SMILES string of the molecule is Cc1ccc(C(=O)OCC(=O)c2c(N)n(Cc3ccccc3)c(=O)n(C)c2=O)cc1C. The van der Waals surface area contributed by atoms with E-state index in [1.54, 1.807) is 42.5 Å². The van der Waals surface area contributed by atoms with E-state index in [1.165, 1.54) is 7.05 Å². The number of rotatable bonds is 6. The molecule has 0 radical (unpaired) electrons. The van der Waals surface area contributed by atoms with Gasteiger partial charge in [-0.3, -0.25) is 18.7 Å². The van der Waals surface area contributed by atoms with Crippen LogP contribution >= 0.6 is 0 Å². The third-order valence-corrected chi connectivity index (χ3v) is 5.12. The van der Waals surface area contributed by atoms with Crippen molar-refractivity contribution >= 4 is 17.6 Å². The summed E-state index contributed by atoms with van der Waals surface area (Å²) in [7, 11) is 1.27. The highest BCUT2D eigenvalue weighted by molar-refractivity contribution is 6.02. The van der Waals surface area contributed by atoms with Gasteiger partial charge in [0.1, 0.15) is 11.4 Å². The zero-order valence-electron chi connectivity index (χ0n) is 17.5. The molecule has 31 heavy (non-hydrogen) atoms. The summed E-state index contributed by atoms with van der Waals surface area (Å²) in [5, 5.41) is 0. The fourth-order valence-corrected chi connectivity index (χ4v) is 3.12. The van der Waals surface area contributed by atoms with Gasteiger partial charge in [-0.15, -0.1) is 0 Å². The van der Waals surface area contributed by atoms with Crippen LogP contribution in [-0.2, 0) is 18.3 Å². The molecule has 0 aliphatic carbocycles. The van der Waals surface area contributed by atoms with E-state index in [-0.39, 0.29) is 17.9 Å². The first-order valence-corrected chi connectivity index (χ1v) is 9.61. The molecule has 0 fully saturated rings. The first-order chi connectivity index (χ1) is 14.7. The van der Waals surface area contributed by atoms with E-state index >= 15 is 0 Å². The average Bonchev–Trinajstić information content (AvgIpc) is 2.76. The Morgan fingerprint density at radius 2 is 1.68 bits per heavy atom. The zero-order chi connectivity index (χ0) is 22.7. The molecule has 3 rings (SSSR count). The van der Waals surface area contributed by atoms with Gasteiger partial charge in [0.05, 0.1) is 12.1 Å². The van der Waals surface area contributed by atoms with Crippen LogP contribution in [0.15, 0.2) is 58.1 Å². The number of anilines is 1. The number of aromatic nitrogens is 2. The summed E-state index contributed by atoms with van der Waals surface area (Å²) < 4.78 is 7.06. The van der Waals surface area contributed by atoms with Crippen molar-refractivity contribution in [3.8, 4) is 0 Å². The van der Waals surface area contributed by atoms with E-state index in [0.717, 1.165) is 25.8 Å². The molecule has 0 aliphatic heterocycles. The topological polar surface area (TPSA) is 113 Å². The number of aryl methyl sites for hydroxylation is 2. The van der Waals surface area contributed by atoms with Crippen molar-refractivity contribution in [2.75, 3.05) is 12.3 Å². The van der Waals surface area contributed by atoms with E-state index < -0.39 is 29.6 Å². The van der Waals surface area contributed by atoms with Crippen LogP contribution in [0.1, 0.15) is 37.4 Å². The van der Waals surface area contributed by atoms with Crippen molar-refractivity contribution in [2.24, 2.45) is 7.05 Å². The number of hydrogen-bond donors (Lipinski definition) is 1. The second-order valence-electron chi connectivity index (χ2n) is 7.28. The Labute approximate surface area is 178 Å². The molecule has 8 nitrogen and oxygen atoms in total. The van der Waals surface area contributed by atoms with E-state index in [9.17, 15) is 19.2 Å². The number of esters is 1. The molecule has 3 aromatic rings. The van der Waals surface area contributed by atoms with Gasteiger partial charge in [0, 0.05) is 7.05 Å². The molecule has 2 aromatic carbocycles. The fourth-order valence-electron chi connectivity index (χ4n) is 3.12. The lowest BCUT2D eigenvalue weighted by atomic mass is 10.1. The van der Waals surface area contributed by atoms with Crippen molar-refractivity contribution in [2.45, 2.75) is 20.4 Å².